The Labute approximate surface area is 213 Å². The van der Waals surface area contributed by atoms with Crippen molar-refractivity contribution in [2.45, 2.75) is 0 Å². The van der Waals surface area contributed by atoms with Gasteiger partial charge in [-0.1, -0.05) is 91.0 Å². The molecule has 0 saturated heterocycles. The van der Waals surface area contributed by atoms with Crippen molar-refractivity contribution in [3.63, 3.8) is 0 Å². The quantitative estimate of drug-likeness (QED) is 0.252. The van der Waals surface area contributed by atoms with Crippen LogP contribution in [0.5, 0.6) is 0 Å². The summed E-state index contributed by atoms with van der Waals surface area (Å²) in [7, 11) is 0. The van der Waals surface area contributed by atoms with Crippen LogP contribution in [0.2, 0.25) is 0 Å². The summed E-state index contributed by atoms with van der Waals surface area (Å²) in [6.07, 6.45) is 0. The van der Waals surface area contributed by atoms with Crippen molar-refractivity contribution in [2.75, 3.05) is 0 Å². The predicted molar refractivity (Wildman–Crippen MR) is 154 cm³/mol. The molecule has 37 heavy (non-hydrogen) atoms. The van der Waals surface area contributed by atoms with Gasteiger partial charge in [0.1, 0.15) is 5.69 Å². The molecular weight excluding hydrogens is 450 g/mol. The molecular formula is C34H21N3. The van der Waals surface area contributed by atoms with Crippen molar-refractivity contribution < 1.29 is 0 Å². The molecule has 2 aromatic heterocycles. The standard InChI is InChI=1S/C34H21N3/c1-2-10-23-19-26(18-17-22(23)9-1)33-34(36-30-15-7-6-14-29(30)35-33)37-31-16-8-5-13-27(31)28-20-24-11-3-4-12-25(24)21-32(28)37/h1-21H. The summed E-state index contributed by atoms with van der Waals surface area (Å²) in [5.74, 6) is 0.843. The highest BCUT2D eigenvalue weighted by Gasteiger charge is 2.19. The minimum absolute atomic E-state index is 0.843. The first-order valence-corrected chi connectivity index (χ1v) is 12.5. The fourth-order valence-electron chi connectivity index (χ4n) is 5.56. The Morgan fingerprint density at radius 1 is 0.432 bits per heavy atom. The molecule has 2 heterocycles. The van der Waals surface area contributed by atoms with Crippen LogP contribution < -0.4 is 0 Å². The topological polar surface area (TPSA) is 30.7 Å². The first-order valence-electron chi connectivity index (χ1n) is 12.5. The number of rotatable bonds is 2. The molecule has 3 heteroatoms. The average molecular weight is 472 g/mol. The van der Waals surface area contributed by atoms with E-state index in [1.54, 1.807) is 0 Å². The van der Waals surface area contributed by atoms with Crippen LogP contribution in [-0.2, 0) is 0 Å². The lowest BCUT2D eigenvalue weighted by molar-refractivity contribution is 1.08. The zero-order valence-electron chi connectivity index (χ0n) is 20.0. The molecule has 0 aliphatic heterocycles. The molecule has 0 N–H and O–H groups in total. The third-order valence-electron chi connectivity index (χ3n) is 7.33. The first kappa shape index (κ1) is 20.2. The largest absolute Gasteiger partial charge is 0.292 e. The Morgan fingerprint density at radius 2 is 1.05 bits per heavy atom. The van der Waals surface area contributed by atoms with E-state index >= 15 is 0 Å². The van der Waals surface area contributed by atoms with E-state index in [4.69, 9.17) is 9.97 Å². The third kappa shape index (κ3) is 3.08. The highest BCUT2D eigenvalue weighted by Crippen LogP contribution is 2.37. The summed E-state index contributed by atoms with van der Waals surface area (Å²) in [5.41, 5.74) is 5.96. The normalized spacial score (nSPS) is 11.8. The second-order valence-corrected chi connectivity index (χ2v) is 9.52. The third-order valence-corrected chi connectivity index (χ3v) is 7.33. The van der Waals surface area contributed by atoms with Gasteiger partial charge in [0.15, 0.2) is 5.82 Å². The number of fused-ring (bicyclic) bond motifs is 6. The lowest BCUT2D eigenvalue weighted by atomic mass is 10.0. The number of benzene rings is 6. The molecule has 0 aliphatic rings. The summed E-state index contributed by atoms with van der Waals surface area (Å²) in [5, 5.41) is 7.27. The Bertz CT molecular complexity index is 2150. The molecule has 172 valence electrons. The molecule has 0 radical (unpaired) electrons. The minimum atomic E-state index is 0.843. The molecule has 6 aromatic carbocycles. The van der Waals surface area contributed by atoms with E-state index in [9.17, 15) is 0 Å². The second kappa shape index (κ2) is 7.74. The van der Waals surface area contributed by atoms with Crippen molar-refractivity contribution in [3.8, 4) is 17.1 Å². The number of hydrogen-bond acceptors (Lipinski definition) is 2. The summed E-state index contributed by atoms with van der Waals surface area (Å²) in [6, 6.07) is 44.8. The van der Waals surface area contributed by atoms with Crippen LogP contribution in [0.15, 0.2) is 127 Å². The zero-order chi connectivity index (χ0) is 24.3. The van der Waals surface area contributed by atoms with Gasteiger partial charge in [0.05, 0.1) is 22.1 Å². The van der Waals surface area contributed by atoms with E-state index < -0.39 is 0 Å². The summed E-state index contributed by atoms with van der Waals surface area (Å²) in [4.78, 5) is 10.5. The van der Waals surface area contributed by atoms with Crippen molar-refractivity contribution in [1.82, 2.24) is 14.5 Å². The maximum Gasteiger partial charge on any atom is 0.165 e. The summed E-state index contributed by atoms with van der Waals surface area (Å²) >= 11 is 0. The van der Waals surface area contributed by atoms with Crippen LogP contribution >= 0.6 is 0 Å². The maximum absolute atomic E-state index is 5.25. The summed E-state index contributed by atoms with van der Waals surface area (Å²) < 4.78 is 2.29. The number of aromatic nitrogens is 3. The Balaban J connectivity index is 1.53. The van der Waals surface area contributed by atoms with Crippen LogP contribution in [0.3, 0.4) is 0 Å². The minimum Gasteiger partial charge on any atom is -0.292 e. The van der Waals surface area contributed by atoms with E-state index in [-0.39, 0.29) is 0 Å². The van der Waals surface area contributed by atoms with E-state index in [0.717, 1.165) is 39.1 Å². The molecule has 0 atom stereocenters. The van der Waals surface area contributed by atoms with Crippen molar-refractivity contribution >= 4 is 54.4 Å². The fraction of sp³-hybridized carbons (Fsp3) is 0. The number of nitrogens with zero attached hydrogens (tertiary/aromatic N) is 3. The molecule has 0 spiro atoms. The van der Waals surface area contributed by atoms with Gasteiger partial charge in [0, 0.05) is 16.3 Å². The number of hydrogen-bond donors (Lipinski definition) is 0. The highest BCUT2D eigenvalue weighted by atomic mass is 15.1. The lowest BCUT2D eigenvalue weighted by Gasteiger charge is -2.14. The predicted octanol–water partition coefficient (Wildman–Crippen LogP) is 8.70. The van der Waals surface area contributed by atoms with Crippen molar-refractivity contribution in [2.24, 2.45) is 0 Å². The van der Waals surface area contributed by atoms with Crippen LogP contribution in [0, 0.1) is 0 Å². The van der Waals surface area contributed by atoms with E-state index in [2.05, 4.69) is 108 Å². The van der Waals surface area contributed by atoms with Gasteiger partial charge in [0.25, 0.3) is 0 Å². The molecule has 0 bridgehead atoms. The van der Waals surface area contributed by atoms with Gasteiger partial charge in [0.2, 0.25) is 0 Å². The molecule has 8 aromatic rings. The van der Waals surface area contributed by atoms with Gasteiger partial charge in [-0.15, -0.1) is 0 Å². The van der Waals surface area contributed by atoms with Gasteiger partial charge >= 0.3 is 0 Å². The SMILES string of the molecule is c1ccc2cc(-c3nc4ccccc4nc3-n3c4ccccc4c4cc5ccccc5cc43)ccc2c1. The summed E-state index contributed by atoms with van der Waals surface area (Å²) in [6.45, 7) is 0. The second-order valence-electron chi connectivity index (χ2n) is 9.52. The van der Waals surface area contributed by atoms with Crippen molar-refractivity contribution in [3.05, 3.63) is 127 Å². The Hall–Kier alpha value is -5.02. The highest BCUT2D eigenvalue weighted by molar-refractivity contribution is 6.14. The molecule has 0 aliphatic carbocycles. The molecule has 0 unspecified atom stereocenters. The molecule has 8 rings (SSSR count). The monoisotopic (exact) mass is 471 g/mol. The average Bonchev–Trinajstić information content (AvgIpc) is 3.28. The Kier molecular flexibility index (Phi) is 4.23. The van der Waals surface area contributed by atoms with Crippen LogP contribution in [-0.4, -0.2) is 14.5 Å². The lowest BCUT2D eigenvalue weighted by Crippen LogP contribution is -2.03. The Morgan fingerprint density at radius 3 is 1.86 bits per heavy atom. The van der Waals surface area contributed by atoms with E-state index in [0.29, 0.717) is 0 Å². The van der Waals surface area contributed by atoms with Crippen LogP contribution in [0.25, 0.3) is 71.5 Å². The van der Waals surface area contributed by atoms with Crippen molar-refractivity contribution in [1.29, 1.82) is 0 Å². The van der Waals surface area contributed by atoms with Gasteiger partial charge in [-0.3, -0.25) is 4.57 Å². The fourth-order valence-corrected chi connectivity index (χ4v) is 5.56. The van der Waals surface area contributed by atoms with Gasteiger partial charge in [-0.2, -0.15) is 0 Å². The van der Waals surface area contributed by atoms with Gasteiger partial charge in [-0.05, 0) is 57.9 Å². The molecule has 3 nitrogen and oxygen atoms in total. The van der Waals surface area contributed by atoms with Crippen LogP contribution in [0.4, 0.5) is 0 Å². The smallest absolute Gasteiger partial charge is 0.165 e. The first-order chi connectivity index (χ1) is 18.3. The van der Waals surface area contributed by atoms with E-state index in [1.807, 2.05) is 24.3 Å². The maximum atomic E-state index is 5.25. The number of para-hydroxylation sites is 3. The molecule has 0 amide bonds. The molecule has 0 saturated carbocycles. The van der Waals surface area contributed by atoms with E-state index in [1.165, 1.54) is 32.3 Å². The van der Waals surface area contributed by atoms with Gasteiger partial charge in [-0.25, -0.2) is 9.97 Å². The zero-order valence-corrected chi connectivity index (χ0v) is 20.0. The van der Waals surface area contributed by atoms with Crippen LogP contribution in [0.1, 0.15) is 0 Å². The van der Waals surface area contributed by atoms with Gasteiger partial charge < -0.3 is 0 Å². The molecule has 0 fully saturated rings.